The van der Waals surface area contributed by atoms with Gasteiger partial charge >= 0.3 is 0 Å². The third-order valence-electron chi connectivity index (χ3n) is 5.75. The maximum Gasteiger partial charge on any atom is 0.275 e. The number of anilines is 1. The van der Waals surface area contributed by atoms with Crippen molar-refractivity contribution in [1.82, 2.24) is 14.8 Å². The molecule has 6 heteroatoms. The van der Waals surface area contributed by atoms with E-state index in [9.17, 15) is 9.59 Å². The highest BCUT2D eigenvalue weighted by molar-refractivity contribution is 5.93. The van der Waals surface area contributed by atoms with E-state index in [1.54, 1.807) is 23.4 Å². The van der Waals surface area contributed by atoms with Crippen LogP contribution in [0, 0.1) is 0 Å². The highest BCUT2D eigenvalue weighted by atomic mass is 16.2. The molecule has 2 aromatic heterocycles. The Morgan fingerprint density at radius 3 is 2.27 bits per heavy atom. The summed E-state index contributed by atoms with van der Waals surface area (Å²) < 4.78 is 1.31. The zero-order valence-electron chi connectivity index (χ0n) is 19.1. The number of aryl methyl sites for hydroxylation is 1. The molecular weight excluding hydrogens is 412 g/mol. The topological polar surface area (TPSA) is 68.1 Å². The molecule has 1 amide bonds. The molecule has 0 saturated heterocycles. The molecule has 0 bridgehead atoms. The second-order valence-corrected chi connectivity index (χ2v) is 8.05. The average Bonchev–Trinajstić information content (AvgIpc) is 2.86. The number of carbonyl (C=O) groups is 1. The van der Waals surface area contributed by atoms with E-state index in [0.717, 1.165) is 35.2 Å². The molecule has 2 heterocycles. The fraction of sp³-hybridized carbons (Fsp3) is 0.259. The van der Waals surface area contributed by atoms with Crippen molar-refractivity contribution in [2.45, 2.75) is 39.7 Å². The number of pyridine rings is 1. The number of hydrogen-bond acceptors (Lipinski definition) is 4. The molecule has 0 N–H and O–H groups in total. The minimum absolute atomic E-state index is 0.109. The Hall–Kier alpha value is -3.80. The molecule has 2 aromatic carbocycles. The van der Waals surface area contributed by atoms with Crippen molar-refractivity contribution in [2.24, 2.45) is 0 Å². The Bertz CT molecular complexity index is 1300. The first-order chi connectivity index (χ1) is 16.1. The van der Waals surface area contributed by atoms with Crippen molar-refractivity contribution in [1.29, 1.82) is 0 Å². The van der Waals surface area contributed by atoms with Crippen LogP contribution in [0.3, 0.4) is 0 Å². The van der Waals surface area contributed by atoms with Crippen LogP contribution in [-0.4, -0.2) is 27.2 Å². The highest BCUT2D eigenvalue weighted by Gasteiger charge is 2.19. The van der Waals surface area contributed by atoms with Crippen molar-refractivity contribution in [3.63, 3.8) is 0 Å². The minimum atomic E-state index is -0.254. The number of carbonyl (C=O) groups excluding carboxylic acids is 1. The number of benzene rings is 2. The SMILES string of the molecule is CCCN(C(=O)Cn1nc(Cc2ccncc2)c2ccccc2c1=O)c1ccc(CC)cc1. The fourth-order valence-electron chi connectivity index (χ4n) is 3.98. The van der Waals surface area contributed by atoms with Crippen LogP contribution >= 0.6 is 0 Å². The summed E-state index contributed by atoms with van der Waals surface area (Å²) in [5, 5.41) is 6.01. The number of rotatable bonds is 8. The van der Waals surface area contributed by atoms with E-state index in [1.807, 2.05) is 61.5 Å². The fourth-order valence-corrected chi connectivity index (χ4v) is 3.98. The average molecular weight is 441 g/mol. The van der Waals surface area contributed by atoms with E-state index >= 15 is 0 Å². The summed E-state index contributed by atoms with van der Waals surface area (Å²) in [5.74, 6) is -0.152. The van der Waals surface area contributed by atoms with Crippen LogP contribution in [0.5, 0.6) is 0 Å². The lowest BCUT2D eigenvalue weighted by Gasteiger charge is -2.23. The van der Waals surface area contributed by atoms with E-state index in [1.165, 1.54) is 10.2 Å². The Morgan fingerprint density at radius 2 is 1.61 bits per heavy atom. The van der Waals surface area contributed by atoms with Gasteiger partial charge in [0.1, 0.15) is 6.54 Å². The van der Waals surface area contributed by atoms with Gasteiger partial charge in [-0.3, -0.25) is 14.6 Å². The zero-order valence-corrected chi connectivity index (χ0v) is 19.1. The molecule has 0 radical (unpaired) electrons. The van der Waals surface area contributed by atoms with Crippen LogP contribution in [0.15, 0.2) is 77.9 Å². The molecule has 0 unspecified atom stereocenters. The molecule has 4 aromatic rings. The van der Waals surface area contributed by atoms with Gasteiger partial charge in [-0.25, -0.2) is 4.68 Å². The van der Waals surface area contributed by atoms with Gasteiger partial charge in [0, 0.05) is 36.4 Å². The van der Waals surface area contributed by atoms with Gasteiger partial charge in [-0.2, -0.15) is 5.10 Å². The highest BCUT2D eigenvalue weighted by Crippen LogP contribution is 2.19. The Morgan fingerprint density at radius 1 is 0.909 bits per heavy atom. The summed E-state index contributed by atoms with van der Waals surface area (Å²) in [7, 11) is 0. The lowest BCUT2D eigenvalue weighted by molar-refractivity contribution is -0.119. The zero-order chi connectivity index (χ0) is 23.2. The molecule has 168 valence electrons. The lowest BCUT2D eigenvalue weighted by atomic mass is 10.1. The van der Waals surface area contributed by atoms with Gasteiger partial charge < -0.3 is 4.90 Å². The molecule has 4 rings (SSSR count). The number of aromatic nitrogens is 3. The molecule has 0 aliphatic carbocycles. The van der Waals surface area contributed by atoms with E-state index in [2.05, 4.69) is 17.0 Å². The van der Waals surface area contributed by atoms with Gasteiger partial charge in [-0.05, 0) is 54.3 Å². The molecule has 0 atom stereocenters. The first-order valence-electron chi connectivity index (χ1n) is 11.4. The lowest BCUT2D eigenvalue weighted by Crippen LogP contribution is -2.38. The molecule has 0 aliphatic heterocycles. The number of nitrogens with zero attached hydrogens (tertiary/aromatic N) is 4. The second-order valence-electron chi connectivity index (χ2n) is 8.05. The quantitative estimate of drug-likeness (QED) is 0.408. The molecule has 0 aliphatic rings. The van der Waals surface area contributed by atoms with Gasteiger partial charge in [0.05, 0.1) is 11.1 Å². The van der Waals surface area contributed by atoms with Crippen molar-refractivity contribution in [2.75, 3.05) is 11.4 Å². The number of amides is 1. The van der Waals surface area contributed by atoms with Crippen LogP contribution < -0.4 is 10.5 Å². The van der Waals surface area contributed by atoms with Crippen molar-refractivity contribution < 1.29 is 4.79 Å². The van der Waals surface area contributed by atoms with Crippen LogP contribution in [0.1, 0.15) is 37.1 Å². The molecule has 0 spiro atoms. The monoisotopic (exact) mass is 440 g/mol. The Kier molecular flexibility index (Phi) is 6.93. The maximum absolute atomic E-state index is 13.3. The molecule has 0 saturated carbocycles. The third-order valence-corrected chi connectivity index (χ3v) is 5.75. The van der Waals surface area contributed by atoms with Crippen LogP contribution in [0.4, 0.5) is 5.69 Å². The first kappa shape index (κ1) is 22.4. The van der Waals surface area contributed by atoms with Crippen LogP contribution in [-0.2, 0) is 24.2 Å². The molecule has 33 heavy (non-hydrogen) atoms. The molecular formula is C27H28N4O2. The third kappa shape index (κ3) is 5.00. The van der Waals surface area contributed by atoms with Gasteiger partial charge in [-0.15, -0.1) is 0 Å². The van der Waals surface area contributed by atoms with E-state index in [4.69, 9.17) is 0 Å². The summed E-state index contributed by atoms with van der Waals surface area (Å²) in [6, 6.07) is 19.3. The predicted octanol–water partition coefficient (Wildman–Crippen LogP) is 4.39. The summed E-state index contributed by atoms with van der Waals surface area (Å²) in [6.45, 7) is 4.61. The minimum Gasteiger partial charge on any atom is -0.311 e. The van der Waals surface area contributed by atoms with Gasteiger partial charge in [-0.1, -0.05) is 44.2 Å². The Balaban J connectivity index is 1.69. The van der Waals surface area contributed by atoms with Crippen molar-refractivity contribution in [3.05, 3.63) is 100 Å². The number of fused-ring (bicyclic) bond motifs is 1. The van der Waals surface area contributed by atoms with Crippen LogP contribution in [0.2, 0.25) is 0 Å². The summed E-state index contributed by atoms with van der Waals surface area (Å²) >= 11 is 0. The van der Waals surface area contributed by atoms with Crippen LogP contribution in [0.25, 0.3) is 10.8 Å². The van der Waals surface area contributed by atoms with E-state index in [-0.39, 0.29) is 18.0 Å². The standard InChI is InChI=1S/C27H28N4O2/c1-3-17-30(22-11-9-20(4-2)10-12-22)26(32)19-31-27(33)24-8-6-5-7-23(24)25(29-31)18-21-13-15-28-16-14-21/h5-16H,3-4,17-19H2,1-2H3. The summed E-state index contributed by atoms with van der Waals surface area (Å²) in [6.07, 6.45) is 5.79. The molecule has 0 fully saturated rings. The summed E-state index contributed by atoms with van der Waals surface area (Å²) in [4.78, 5) is 32.3. The van der Waals surface area contributed by atoms with Gasteiger partial charge in [0.25, 0.3) is 5.56 Å². The van der Waals surface area contributed by atoms with Gasteiger partial charge in [0.15, 0.2) is 0 Å². The van der Waals surface area contributed by atoms with Crippen molar-refractivity contribution >= 4 is 22.4 Å². The first-order valence-corrected chi connectivity index (χ1v) is 11.4. The van der Waals surface area contributed by atoms with Crippen molar-refractivity contribution in [3.8, 4) is 0 Å². The smallest absolute Gasteiger partial charge is 0.275 e. The van der Waals surface area contributed by atoms with E-state index < -0.39 is 0 Å². The predicted molar refractivity (Wildman–Crippen MR) is 132 cm³/mol. The normalized spacial score (nSPS) is 11.0. The second kappa shape index (κ2) is 10.2. The molecule has 6 nitrogen and oxygen atoms in total. The number of hydrogen-bond donors (Lipinski definition) is 0. The van der Waals surface area contributed by atoms with E-state index in [0.29, 0.717) is 18.4 Å². The largest absolute Gasteiger partial charge is 0.311 e. The Labute approximate surface area is 193 Å². The maximum atomic E-state index is 13.3. The summed E-state index contributed by atoms with van der Waals surface area (Å²) in [5.41, 5.74) is 3.61. The van der Waals surface area contributed by atoms with Gasteiger partial charge in [0.2, 0.25) is 5.91 Å².